The van der Waals surface area contributed by atoms with Gasteiger partial charge in [0.2, 0.25) is 0 Å². The number of rotatable bonds is 9. The molecule has 0 spiro atoms. The number of nitrogens with zero attached hydrogens (tertiary/aromatic N) is 3. The Labute approximate surface area is 226 Å². The van der Waals surface area contributed by atoms with Crippen LogP contribution in [-0.2, 0) is 0 Å². The molecule has 2 aliphatic heterocycles. The molecule has 1 aliphatic carbocycles. The first-order chi connectivity index (χ1) is 18.1. The van der Waals surface area contributed by atoms with E-state index in [2.05, 4.69) is 20.6 Å². The van der Waals surface area contributed by atoms with Crippen LogP contribution in [-0.4, -0.2) is 62.6 Å². The topological polar surface area (TPSA) is 107 Å². The fraction of sp³-hybridized carbons (Fsp3) is 0.630. The number of aliphatic hydroxyl groups is 1. The van der Waals surface area contributed by atoms with E-state index in [-0.39, 0.29) is 51.2 Å². The van der Waals surface area contributed by atoms with Gasteiger partial charge in [0.15, 0.2) is 5.01 Å². The molecule has 2 amide bonds. The van der Waals surface area contributed by atoms with Crippen LogP contribution in [0.4, 0.5) is 14.6 Å². The lowest BCUT2D eigenvalue weighted by Crippen LogP contribution is -2.38. The zero-order valence-corrected chi connectivity index (χ0v) is 23.2. The number of hydrogen-bond donors (Lipinski definition) is 3. The van der Waals surface area contributed by atoms with E-state index in [0.717, 1.165) is 49.9 Å². The number of anilines is 1. The molecule has 1 saturated carbocycles. The highest BCUT2D eigenvalue weighted by Gasteiger charge is 2.44. The van der Waals surface area contributed by atoms with Crippen molar-refractivity contribution in [3.8, 4) is 10.4 Å². The zero-order chi connectivity index (χ0) is 27.6. The maximum atomic E-state index is 14.2. The van der Waals surface area contributed by atoms with Crippen molar-refractivity contribution in [2.24, 2.45) is 5.92 Å². The van der Waals surface area contributed by atoms with Crippen LogP contribution in [0.5, 0.6) is 0 Å². The fourth-order valence-electron chi connectivity index (χ4n) is 4.99. The summed E-state index contributed by atoms with van der Waals surface area (Å²) in [5.74, 6) is 0.0112. The molecule has 0 aromatic carbocycles. The Morgan fingerprint density at radius 2 is 1.79 bits per heavy atom. The Balaban J connectivity index is 0.00000164. The molecule has 0 unspecified atom stereocenters. The minimum atomic E-state index is -2.80. The molecule has 5 rings (SSSR count). The Bertz CT molecular complexity index is 1140. The van der Waals surface area contributed by atoms with E-state index in [0.29, 0.717) is 18.3 Å². The first-order valence-electron chi connectivity index (χ1n) is 13.5. The number of hydrogen-bond acceptors (Lipinski definition) is 7. The summed E-state index contributed by atoms with van der Waals surface area (Å²) >= 11 is 0.901. The number of halogens is 2. The van der Waals surface area contributed by atoms with Gasteiger partial charge in [0, 0.05) is 42.5 Å². The van der Waals surface area contributed by atoms with Crippen LogP contribution in [0.2, 0.25) is 0 Å². The van der Waals surface area contributed by atoms with Crippen molar-refractivity contribution in [2.75, 3.05) is 18.4 Å². The molecule has 38 heavy (non-hydrogen) atoms. The number of aromatic nitrogens is 2. The SMILES string of the molecule is CC.CC(C)(O)CNC(=O)c1nc(C(=O)N2C3CCC2CC3)c(-c2cnc(NCC3CC3)cc2C(F)F)s1. The number of nitrogens with one attached hydrogen (secondary N) is 2. The molecule has 3 N–H and O–H groups in total. The largest absolute Gasteiger partial charge is 0.389 e. The third-order valence-electron chi connectivity index (χ3n) is 7.08. The minimum absolute atomic E-state index is 0.00889. The molecule has 3 fully saturated rings. The highest BCUT2D eigenvalue weighted by Crippen LogP contribution is 2.42. The first kappa shape index (κ1) is 28.4. The first-order valence-corrected chi connectivity index (χ1v) is 14.3. The second-order valence-corrected chi connectivity index (χ2v) is 11.6. The summed E-state index contributed by atoms with van der Waals surface area (Å²) in [5, 5.41) is 15.7. The minimum Gasteiger partial charge on any atom is -0.389 e. The van der Waals surface area contributed by atoms with Gasteiger partial charge in [-0.3, -0.25) is 9.59 Å². The Morgan fingerprint density at radius 3 is 2.34 bits per heavy atom. The van der Waals surface area contributed by atoms with E-state index in [9.17, 15) is 23.5 Å². The summed E-state index contributed by atoms with van der Waals surface area (Å²) in [6.45, 7) is 7.77. The molecular formula is C27H37F2N5O3S. The molecule has 2 bridgehead atoms. The van der Waals surface area contributed by atoms with Crippen molar-refractivity contribution in [3.05, 3.63) is 28.5 Å². The third kappa shape index (κ3) is 6.31. The van der Waals surface area contributed by atoms with Gasteiger partial charge in [-0.2, -0.15) is 0 Å². The predicted molar refractivity (Wildman–Crippen MR) is 144 cm³/mol. The summed E-state index contributed by atoms with van der Waals surface area (Å²) in [5.41, 5.74) is -1.28. The summed E-state index contributed by atoms with van der Waals surface area (Å²) < 4.78 is 28.4. The number of carbonyl (C=O) groups excluding carboxylic acids is 2. The third-order valence-corrected chi connectivity index (χ3v) is 8.16. The summed E-state index contributed by atoms with van der Waals surface area (Å²) in [6.07, 6.45) is 4.45. The highest BCUT2D eigenvalue weighted by molar-refractivity contribution is 7.17. The second kappa shape index (κ2) is 11.6. The Kier molecular flexibility index (Phi) is 8.66. The number of amides is 2. The Morgan fingerprint density at radius 1 is 1.16 bits per heavy atom. The van der Waals surface area contributed by atoms with Gasteiger partial charge in [-0.25, -0.2) is 18.7 Å². The standard InChI is InChI=1S/C25H31F2N5O3S.C2H6/c1-25(2,35)12-30-22(33)23-31-19(24(34)32-14-5-6-15(32)8-7-14)20(36-23)17-11-29-18(9-16(17)21(26)27)28-10-13-3-4-13;1-2/h9,11,13-15,21,35H,3-8,10,12H2,1-2H3,(H,28,29)(H,30,33);1-2H3. The Hall–Kier alpha value is -2.66. The smallest absolute Gasteiger partial charge is 0.280 e. The molecule has 4 heterocycles. The average Bonchev–Trinajstić information content (AvgIpc) is 3.30. The average molecular weight is 550 g/mol. The molecule has 2 aromatic rings. The van der Waals surface area contributed by atoms with Crippen molar-refractivity contribution >= 4 is 29.0 Å². The van der Waals surface area contributed by atoms with Crippen LogP contribution in [0, 0.1) is 5.92 Å². The lowest BCUT2D eigenvalue weighted by Gasteiger charge is -2.22. The van der Waals surface area contributed by atoms with E-state index in [1.54, 1.807) is 13.8 Å². The van der Waals surface area contributed by atoms with E-state index in [4.69, 9.17) is 0 Å². The van der Waals surface area contributed by atoms with Crippen LogP contribution in [0.15, 0.2) is 12.3 Å². The van der Waals surface area contributed by atoms with Gasteiger partial charge in [-0.05, 0) is 64.4 Å². The van der Waals surface area contributed by atoms with E-state index < -0.39 is 17.9 Å². The number of carbonyl (C=O) groups is 2. The molecule has 2 saturated heterocycles. The monoisotopic (exact) mass is 549 g/mol. The van der Waals surface area contributed by atoms with Gasteiger partial charge in [0.25, 0.3) is 18.2 Å². The van der Waals surface area contributed by atoms with E-state index in [1.807, 2.05) is 18.7 Å². The molecule has 0 atom stereocenters. The highest BCUT2D eigenvalue weighted by atomic mass is 32.1. The van der Waals surface area contributed by atoms with E-state index in [1.165, 1.54) is 12.3 Å². The molecular weight excluding hydrogens is 512 g/mol. The molecule has 0 radical (unpaired) electrons. The quantitative estimate of drug-likeness (QED) is 0.394. The number of fused-ring (bicyclic) bond motifs is 2. The number of alkyl halides is 2. The van der Waals surface area contributed by atoms with Crippen molar-refractivity contribution in [1.29, 1.82) is 0 Å². The maximum absolute atomic E-state index is 14.2. The van der Waals surface area contributed by atoms with Crippen LogP contribution in [0.25, 0.3) is 10.4 Å². The zero-order valence-electron chi connectivity index (χ0n) is 22.4. The van der Waals surface area contributed by atoms with Crippen LogP contribution < -0.4 is 10.6 Å². The van der Waals surface area contributed by atoms with Crippen molar-refractivity contribution in [2.45, 2.75) is 90.3 Å². The normalized spacial score (nSPS) is 20.4. The van der Waals surface area contributed by atoms with Gasteiger partial charge in [-0.1, -0.05) is 13.8 Å². The molecule has 2 aromatic heterocycles. The summed E-state index contributed by atoms with van der Waals surface area (Å²) in [4.78, 5) is 37.2. The molecule has 11 heteroatoms. The molecule has 8 nitrogen and oxygen atoms in total. The van der Waals surface area contributed by atoms with Gasteiger partial charge in [-0.15, -0.1) is 11.3 Å². The van der Waals surface area contributed by atoms with Gasteiger partial charge in [0.05, 0.1) is 10.5 Å². The van der Waals surface area contributed by atoms with E-state index >= 15 is 0 Å². The maximum Gasteiger partial charge on any atom is 0.280 e. The lowest BCUT2D eigenvalue weighted by atomic mass is 10.0. The van der Waals surface area contributed by atoms with Crippen LogP contribution in [0.1, 0.15) is 98.5 Å². The summed E-state index contributed by atoms with van der Waals surface area (Å²) in [6, 6.07) is 1.56. The van der Waals surface area contributed by atoms with Crippen LogP contribution >= 0.6 is 11.3 Å². The molecule has 3 aliphatic rings. The van der Waals surface area contributed by atoms with Crippen LogP contribution in [0.3, 0.4) is 0 Å². The molecule has 208 valence electrons. The summed E-state index contributed by atoms with van der Waals surface area (Å²) in [7, 11) is 0. The van der Waals surface area contributed by atoms with Gasteiger partial charge in [0.1, 0.15) is 11.5 Å². The predicted octanol–water partition coefficient (Wildman–Crippen LogP) is 5.26. The second-order valence-electron chi connectivity index (χ2n) is 10.6. The lowest BCUT2D eigenvalue weighted by molar-refractivity contribution is 0.0692. The number of pyridine rings is 1. The van der Waals surface area contributed by atoms with Gasteiger partial charge < -0.3 is 20.6 Å². The number of thiazole rings is 1. The fourth-order valence-corrected chi connectivity index (χ4v) is 6.00. The van der Waals surface area contributed by atoms with Gasteiger partial charge >= 0.3 is 0 Å². The van der Waals surface area contributed by atoms with Crippen molar-refractivity contribution in [1.82, 2.24) is 20.2 Å². The van der Waals surface area contributed by atoms with Crippen molar-refractivity contribution < 1.29 is 23.5 Å². The van der Waals surface area contributed by atoms with Crippen molar-refractivity contribution in [3.63, 3.8) is 0 Å².